The fourth-order valence-electron chi connectivity index (χ4n) is 2.74. The van der Waals surface area contributed by atoms with Gasteiger partial charge in [0.05, 0.1) is 25.9 Å². The van der Waals surface area contributed by atoms with Crippen LogP contribution in [0, 0.1) is 18.3 Å². The predicted molar refractivity (Wildman–Crippen MR) is 93.6 cm³/mol. The van der Waals surface area contributed by atoms with Gasteiger partial charge in [-0.2, -0.15) is 5.26 Å². The summed E-state index contributed by atoms with van der Waals surface area (Å²) in [6.45, 7) is 4.67. The Bertz CT molecular complexity index is 784. The number of methoxy groups -OCH3 is 1. The van der Waals surface area contributed by atoms with Crippen LogP contribution in [0.1, 0.15) is 20.8 Å². The fraction of sp³-hybridized carbons (Fsp3) is 0.333. The van der Waals surface area contributed by atoms with Crippen LogP contribution in [-0.2, 0) is 9.47 Å². The second-order valence-electron chi connectivity index (χ2n) is 5.56. The molecule has 1 aromatic carbocycles. The van der Waals surface area contributed by atoms with Gasteiger partial charge < -0.3 is 14.4 Å². The van der Waals surface area contributed by atoms with Crippen molar-refractivity contribution in [2.75, 3.05) is 38.3 Å². The smallest absolute Gasteiger partial charge is 0.348 e. The number of rotatable bonds is 3. The lowest BCUT2D eigenvalue weighted by molar-refractivity contribution is 0.0607. The summed E-state index contributed by atoms with van der Waals surface area (Å²) in [5, 5.41) is 10.6. The van der Waals surface area contributed by atoms with Crippen molar-refractivity contribution in [1.82, 2.24) is 0 Å². The second-order valence-corrected chi connectivity index (χ2v) is 6.55. The summed E-state index contributed by atoms with van der Waals surface area (Å²) in [6.07, 6.45) is 0. The Morgan fingerprint density at radius 3 is 2.54 bits per heavy atom. The number of aryl methyl sites for hydroxylation is 1. The molecule has 1 aromatic heterocycles. The van der Waals surface area contributed by atoms with E-state index in [0.717, 1.165) is 16.1 Å². The Hall–Kier alpha value is -2.36. The number of benzene rings is 1. The van der Waals surface area contributed by atoms with Crippen molar-refractivity contribution in [2.45, 2.75) is 6.92 Å². The number of esters is 1. The van der Waals surface area contributed by atoms with Gasteiger partial charge in [-0.3, -0.25) is 0 Å². The molecule has 0 bridgehead atoms. The third-order valence-electron chi connectivity index (χ3n) is 4.01. The second kappa shape index (κ2) is 7.04. The van der Waals surface area contributed by atoms with Gasteiger partial charge in [-0.15, -0.1) is 11.3 Å². The molecular formula is C18H18N2O3S. The first-order valence-corrected chi connectivity index (χ1v) is 8.52. The van der Waals surface area contributed by atoms with Gasteiger partial charge in [-0.05, 0) is 12.5 Å². The van der Waals surface area contributed by atoms with Crippen molar-refractivity contribution in [3.05, 3.63) is 40.3 Å². The first-order chi connectivity index (χ1) is 11.7. The molecule has 0 aliphatic carbocycles. The molecule has 0 amide bonds. The quantitative estimate of drug-likeness (QED) is 0.802. The lowest BCUT2D eigenvalue weighted by Crippen LogP contribution is -2.36. The average molecular weight is 342 g/mol. The minimum Gasteiger partial charge on any atom is -0.465 e. The molecule has 1 saturated heterocycles. The minimum atomic E-state index is -0.411. The van der Waals surface area contributed by atoms with Gasteiger partial charge in [0.1, 0.15) is 15.9 Å². The Balaban J connectivity index is 2.17. The molecule has 6 heteroatoms. The number of hydrogen-bond donors (Lipinski definition) is 0. The van der Waals surface area contributed by atoms with E-state index in [1.165, 1.54) is 18.4 Å². The summed E-state index contributed by atoms with van der Waals surface area (Å²) >= 11 is 1.32. The zero-order valence-electron chi connectivity index (χ0n) is 13.7. The first kappa shape index (κ1) is 16.5. The number of anilines is 1. The Labute approximate surface area is 145 Å². The van der Waals surface area contributed by atoms with Crippen LogP contribution in [0.2, 0.25) is 0 Å². The largest absolute Gasteiger partial charge is 0.465 e. The van der Waals surface area contributed by atoms with Crippen molar-refractivity contribution >= 4 is 22.3 Å². The normalized spacial score (nSPS) is 14.3. The topological polar surface area (TPSA) is 62.6 Å². The maximum atomic E-state index is 12.3. The van der Waals surface area contributed by atoms with E-state index in [1.54, 1.807) is 0 Å². The fourth-order valence-corrected chi connectivity index (χ4v) is 3.99. The average Bonchev–Trinajstić information content (AvgIpc) is 3.02. The molecule has 1 aliphatic rings. The zero-order valence-corrected chi connectivity index (χ0v) is 14.5. The summed E-state index contributed by atoms with van der Waals surface area (Å²) in [4.78, 5) is 14.9. The number of carbonyl (C=O) groups excluding carboxylic acids is 1. The van der Waals surface area contributed by atoms with Crippen LogP contribution in [0.3, 0.4) is 0 Å². The molecule has 1 fully saturated rings. The third-order valence-corrected chi connectivity index (χ3v) is 5.24. The van der Waals surface area contributed by atoms with E-state index in [1.807, 2.05) is 31.2 Å². The van der Waals surface area contributed by atoms with E-state index in [9.17, 15) is 10.1 Å². The molecule has 5 nitrogen and oxygen atoms in total. The molecule has 1 aliphatic heterocycles. The summed E-state index contributed by atoms with van der Waals surface area (Å²) in [5.41, 5.74) is 3.18. The van der Waals surface area contributed by atoms with Gasteiger partial charge in [-0.25, -0.2) is 4.79 Å². The molecule has 0 radical (unpaired) electrons. The van der Waals surface area contributed by atoms with Crippen LogP contribution in [0.25, 0.3) is 11.1 Å². The number of hydrogen-bond acceptors (Lipinski definition) is 6. The van der Waals surface area contributed by atoms with Gasteiger partial charge in [0.2, 0.25) is 0 Å². The van der Waals surface area contributed by atoms with Gasteiger partial charge in [0.15, 0.2) is 0 Å². The standard InChI is InChI=1S/C18H18N2O3S/c1-12-3-5-13(6-4-12)15-14(11-19)17(20-7-9-23-10-8-20)24-16(15)18(21)22-2/h3-6H,7-10H2,1-2H3. The summed E-state index contributed by atoms with van der Waals surface area (Å²) in [7, 11) is 1.36. The Kier molecular flexibility index (Phi) is 4.84. The van der Waals surface area contributed by atoms with Crippen molar-refractivity contribution in [3.8, 4) is 17.2 Å². The molecule has 2 aromatic rings. The maximum absolute atomic E-state index is 12.3. The van der Waals surface area contributed by atoms with Crippen molar-refractivity contribution in [3.63, 3.8) is 0 Å². The van der Waals surface area contributed by atoms with Crippen LogP contribution in [-0.4, -0.2) is 39.4 Å². The number of morpholine rings is 1. The summed E-state index contributed by atoms with van der Waals surface area (Å²) in [6, 6.07) is 10.1. The highest BCUT2D eigenvalue weighted by molar-refractivity contribution is 7.18. The van der Waals surface area contributed by atoms with Crippen LogP contribution in [0.4, 0.5) is 5.00 Å². The maximum Gasteiger partial charge on any atom is 0.348 e. The van der Waals surface area contributed by atoms with Crippen molar-refractivity contribution in [2.24, 2.45) is 0 Å². The Morgan fingerprint density at radius 1 is 1.29 bits per heavy atom. The van der Waals surface area contributed by atoms with Crippen LogP contribution in [0.15, 0.2) is 24.3 Å². The van der Waals surface area contributed by atoms with Crippen LogP contribution >= 0.6 is 11.3 Å². The molecule has 0 saturated carbocycles. The highest BCUT2D eigenvalue weighted by atomic mass is 32.1. The van der Waals surface area contributed by atoms with E-state index in [4.69, 9.17) is 9.47 Å². The van der Waals surface area contributed by atoms with Gasteiger partial charge >= 0.3 is 5.97 Å². The van der Waals surface area contributed by atoms with Gasteiger partial charge in [-0.1, -0.05) is 29.8 Å². The van der Waals surface area contributed by atoms with Crippen molar-refractivity contribution < 1.29 is 14.3 Å². The van der Waals surface area contributed by atoms with E-state index < -0.39 is 5.97 Å². The first-order valence-electron chi connectivity index (χ1n) is 7.70. The molecule has 2 heterocycles. The van der Waals surface area contributed by atoms with Crippen LogP contribution in [0.5, 0.6) is 0 Å². The molecule has 24 heavy (non-hydrogen) atoms. The molecule has 3 rings (SSSR count). The SMILES string of the molecule is COC(=O)c1sc(N2CCOCC2)c(C#N)c1-c1ccc(C)cc1. The third kappa shape index (κ3) is 3.01. The van der Waals surface area contributed by atoms with E-state index in [-0.39, 0.29) is 0 Å². The molecule has 0 N–H and O–H groups in total. The molecule has 0 spiro atoms. The summed E-state index contributed by atoms with van der Waals surface area (Å²) < 4.78 is 10.3. The highest BCUT2D eigenvalue weighted by Crippen LogP contribution is 2.42. The monoisotopic (exact) mass is 342 g/mol. The van der Waals surface area contributed by atoms with E-state index in [0.29, 0.717) is 42.3 Å². The lowest BCUT2D eigenvalue weighted by Gasteiger charge is -2.27. The molecule has 124 valence electrons. The van der Waals surface area contributed by atoms with Crippen molar-refractivity contribution in [1.29, 1.82) is 5.26 Å². The van der Waals surface area contributed by atoms with E-state index >= 15 is 0 Å². The number of carbonyl (C=O) groups is 1. The summed E-state index contributed by atoms with van der Waals surface area (Å²) in [5.74, 6) is -0.411. The highest BCUT2D eigenvalue weighted by Gasteiger charge is 2.28. The zero-order chi connectivity index (χ0) is 17.1. The van der Waals surface area contributed by atoms with Gasteiger partial charge in [0, 0.05) is 18.7 Å². The number of nitriles is 1. The number of nitrogens with zero attached hydrogens (tertiary/aromatic N) is 2. The Morgan fingerprint density at radius 2 is 1.96 bits per heavy atom. The molecule has 0 unspecified atom stereocenters. The molecular weight excluding hydrogens is 324 g/mol. The van der Waals surface area contributed by atoms with Gasteiger partial charge in [0.25, 0.3) is 0 Å². The predicted octanol–water partition coefficient (Wildman–Crippen LogP) is 3.22. The number of ether oxygens (including phenoxy) is 2. The molecule has 0 atom stereocenters. The number of thiophene rings is 1. The van der Waals surface area contributed by atoms with E-state index in [2.05, 4.69) is 11.0 Å². The van der Waals surface area contributed by atoms with Crippen LogP contribution < -0.4 is 4.90 Å². The lowest BCUT2D eigenvalue weighted by atomic mass is 10.0. The minimum absolute atomic E-state index is 0.411.